The SMILES string of the molecule is CC1CCC(CN)CN1CC1CCOCO1. The van der Waals surface area contributed by atoms with E-state index in [0.717, 1.165) is 32.7 Å². The molecule has 4 nitrogen and oxygen atoms in total. The van der Waals surface area contributed by atoms with Crippen LogP contribution in [-0.4, -0.2) is 50.1 Å². The Morgan fingerprint density at radius 3 is 2.88 bits per heavy atom. The minimum Gasteiger partial charge on any atom is -0.355 e. The highest BCUT2D eigenvalue weighted by Crippen LogP contribution is 2.22. The van der Waals surface area contributed by atoms with Crippen molar-refractivity contribution in [3.63, 3.8) is 0 Å². The Hall–Kier alpha value is -0.160. The summed E-state index contributed by atoms with van der Waals surface area (Å²) in [7, 11) is 0. The molecule has 0 spiro atoms. The molecule has 0 aromatic carbocycles. The van der Waals surface area contributed by atoms with Crippen LogP contribution >= 0.6 is 0 Å². The first-order valence-electron chi connectivity index (χ1n) is 6.43. The van der Waals surface area contributed by atoms with Gasteiger partial charge in [0.2, 0.25) is 0 Å². The number of ether oxygens (including phenoxy) is 2. The first kappa shape index (κ1) is 12.3. The van der Waals surface area contributed by atoms with Crippen LogP contribution in [0, 0.1) is 5.92 Å². The Balaban J connectivity index is 1.81. The molecular formula is C12H24N2O2. The summed E-state index contributed by atoms with van der Waals surface area (Å²) in [6, 6.07) is 0.675. The van der Waals surface area contributed by atoms with Crippen molar-refractivity contribution in [1.29, 1.82) is 0 Å². The zero-order valence-corrected chi connectivity index (χ0v) is 10.2. The van der Waals surface area contributed by atoms with Gasteiger partial charge >= 0.3 is 0 Å². The van der Waals surface area contributed by atoms with E-state index in [9.17, 15) is 0 Å². The summed E-state index contributed by atoms with van der Waals surface area (Å²) in [5.74, 6) is 0.677. The van der Waals surface area contributed by atoms with E-state index in [1.54, 1.807) is 0 Å². The molecule has 16 heavy (non-hydrogen) atoms. The van der Waals surface area contributed by atoms with Gasteiger partial charge in [-0.25, -0.2) is 0 Å². The molecule has 3 atom stereocenters. The minimum absolute atomic E-state index is 0.354. The lowest BCUT2D eigenvalue weighted by molar-refractivity contribution is -0.148. The quantitative estimate of drug-likeness (QED) is 0.776. The van der Waals surface area contributed by atoms with Gasteiger partial charge in [0.05, 0.1) is 12.7 Å². The van der Waals surface area contributed by atoms with Crippen LogP contribution in [0.25, 0.3) is 0 Å². The van der Waals surface area contributed by atoms with Gasteiger partial charge in [0.1, 0.15) is 6.79 Å². The van der Waals surface area contributed by atoms with E-state index >= 15 is 0 Å². The monoisotopic (exact) mass is 228 g/mol. The number of nitrogens with two attached hydrogens (primary N) is 1. The summed E-state index contributed by atoms with van der Waals surface area (Å²) in [6.07, 6.45) is 3.93. The normalized spacial score (nSPS) is 37.5. The Labute approximate surface area is 98.1 Å². The van der Waals surface area contributed by atoms with Crippen molar-refractivity contribution >= 4 is 0 Å². The molecule has 2 aliphatic rings. The molecule has 2 rings (SSSR count). The Kier molecular flexibility index (Phi) is 4.58. The van der Waals surface area contributed by atoms with Crippen molar-refractivity contribution in [2.24, 2.45) is 11.7 Å². The van der Waals surface area contributed by atoms with Gasteiger partial charge in [0, 0.05) is 19.1 Å². The zero-order valence-electron chi connectivity index (χ0n) is 10.2. The van der Waals surface area contributed by atoms with Gasteiger partial charge in [-0.2, -0.15) is 0 Å². The molecule has 0 bridgehead atoms. The van der Waals surface area contributed by atoms with Gasteiger partial charge in [0.25, 0.3) is 0 Å². The third-order valence-corrected chi connectivity index (χ3v) is 3.85. The summed E-state index contributed by atoms with van der Waals surface area (Å²) in [5, 5.41) is 0. The molecule has 2 aliphatic heterocycles. The number of hydrogen-bond acceptors (Lipinski definition) is 4. The second-order valence-electron chi connectivity index (χ2n) is 5.09. The van der Waals surface area contributed by atoms with Crippen LogP contribution in [0.5, 0.6) is 0 Å². The minimum atomic E-state index is 0.354. The highest BCUT2D eigenvalue weighted by Gasteiger charge is 2.27. The molecule has 0 amide bonds. The molecule has 0 radical (unpaired) electrons. The average molecular weight is 228 g/mol. The molecular weight excluding hydrogens is 204 g/mol. The molecule has 2 heterocycles. The van der Waals surface area contributed by atoms with Crippen LogP contribution in [0.4, 0.5) is 0 Å². The molecule has 0 aromatic rings. The van der Waals surface area contributed by atoms with Crippen molar-refractivity contribution in [1.82, 2.24) is 4.90 Å². The van der Waals surface area contributed by atoms with E-state index in [4.69, 9.17) is 15.2 Å². The van der Waals surface area contributed by atoms with Crippen LogP contribution in [0.2, 0.25) is 0 Å². The lowest BCUT2D eigenvalue weighted by Gasteiger charge is -2.40. The third-order valence-electron chi connectivity index (χ3n) is 3.85. The first-order chi connectivity index (χ1) is 7.79. The molecule has 0 aromatic heterocycles. The smallest absolute Gasteiger partial charge is 0.147 e. The first-order valence-corrected chi connectivity index (χ1v) is 6.43. The predicted molar refractivity (Wildman–Crippen MR) is 63.1 cm³/mol. The number of likely N-dealkylation sites (tertiary alicyclic amines) is 1. The summed E-state index contributed by atoms with van der Waals surface area (Å²) < 4.78 is 10.8. The highest BCUT2D eigenvalue weighted by atomic mass is 16.7. The van der Waals surface area contributed by atoms with Crippen LogP contribution in [0.15, 0.2) is 0 Å². The third kappa shape index (κ3) is 3.17. The standard InChI is InChI=1S/C12H24N2O2/c1-10-2-3-11(6-13)7-14(10)8-12-4-5-15-9-16-12/h10-12H,2-9,13H2,1H3. The van der Waals surface area contributed by atoms with E-state index in [-0.39, 0.29) is 0 Å². The number of hydrogen-bond donors (Lipinski definition) is 1. The molecule has 94 valence electrons. The molecule has 2 fully saturated rings. The molecule has 2 saturated heterocycles. The fraction of sp³-hybridized carbons (Fsp3) is 1.00. The fourth-order valence-electron chi connectivity index (χ4n) is 2.62. The van der Waals surface area contributed by atoms with Gasteiger partial charge in [-0.3, -0.25) is 4.90 Å². The van der Waals surface area contributed by atoms with Crippen LogP contribution in [0.3, 0.4) is 0 Å². The number of piperidine rings is 1. The maximum absolute atomic E-state index is 5.77. The van der Waals surface area contributed by atoms with Crippen molar-refractivity contribution in [3.05, 3.63) is 0 Å². The number of rotatable bonds is 3. The fourth-order valence-corrected chi connectivity index (χ4v) is 2.62. The Bertz CT molecular complexity index is 207. The van der Waals surface area contributed by atoms with E-state index < -0.39 is 0 Å². The molecule has 4 heteroatoms. The van der Waals surface area contributed by atoms with Crippen molar-refractivity contribution < 1.29 is 9.47 Å². The lowest BCUT2D eigenvalue weighted by atomic mass is 9.93. The lowest BCUT2D eigenvalue weighted by Crippen LogP contribution is -2.48. The zero-order chi connectivity index (χ0) is 11.4. The van der Waals surface area contributed by atoms with Crippen LogP contribution < -0.4 is 5.73 Å². The Morgan fingerprint density at radius 1 is 1.31 bits per heavy atom. The van der Waals surface area contributed by atoms with E-state index in [2.05, 4.69) is 11.8 Å². The van der Waals surface area contributed by atoms with E-state index in [1.165, 1.54) is 12.8 Å². The molecule has 2 N–H and O–H groups in total. The Morgan fingerprint density at radius 2 is 2.19 bits per heavy atom. The number of nitrogens with zero attached hydrogens (tertiary/aromatic N) is 1. The second kappa shape index (κ2) is 5.96. The van der Waals surface area contributed by atoms with Gasteiger partial charge < -0.3 is 15.2 Å². The van der Waals surface area contributed by atoms with Crippen molar-refractivity contribution in [2.75, 3.05) is 33.0 Å². The second-order valence-corrected chi connectivity index (χ2v) is 5.09. The highest BCUT2D eigenvalue weighted by molar-refractivity contribution is 4.81. The van der Waals surface area contributed by atoms with Crippen LogP contribution in [0.1, 0.15) is 26.2 Å². The van der Waals surface area contributed by atoms with Crippen LogP contribution in [-0.2, 0) is 9.47 Å². The van der Waals surface area contributed by atoms with Crippen molar-refractivity contribution in [2.45, 2.75) is 38.3 Å². The predicted octanol–water partition coefficient (Wildman–Crippen LogP) is 0.809. The summed E-state index contributed by atoms with van der Waals surface area (Å²) in [5.41, 5.74) is 5.77. The summed E-state index contributed by atoms with van der Waals surface area (Å²) in [4.78, 5) is 2.54. The molecule has 0 saturated carbocycles. The van der Waals surface area contributed by atoms with E-state index in [0.29, 0.717) is 24.9 Å². The van der Waals surface area contributed by atoms with Gasteiger partial charge in [-0.1, -0.05) is 0 Å². The average Bonchev–Trinajstić information content (AvgIpc) is 2.33. The van der Waals surface area contributed by atoms with Crippen molar-refractivity contribution in [3.8, 4) is 0 Å². The maximum atomic E-state index is 5.77. The largest absolute Gasteiger partial charge is 0.355 e. The van der Waals surface area contributed by atoms with Gasteiger partial charge in [0.15, 0.2) is 0 Å². The maximum Gasteiger partial charge on any atom is 0.147 e. The molecule has 0 aliphatic carbocycles. The van der Waals surface area contributed by atoms with E-state index in [1.807, 2.05) is 0 Å². The topological polar surface area (TPSA) is 47.7 Å². The van der Waals surface area contributed by atoms with Gasteiger partial charge in [-0.15, -0.1) is 0 Å². The summed E-state index contributed by atoms with van der Waals surface area (Å²) >= 11 is 0. The summed E-state index contributed by atoms with van der Waals surface area (Å²) in [6.45, 7) is 6.61. The van der Waals surface area contributed by atoms with Gasteiger partial charge in [-0.05, 0) is 38.6 Å². The molecule has 3 unspecified atom stereocenters.